The van der Waals surface area contributed by atoms with Crippen molar-refractivity contribution in [2.24, 2.45) is 0 Å². The monoisotopic (exact) mass is 310 g/mol. The van der Waals surface area contributed by atoms with Crippen molar-refractivity contribution in [3.63, 3.8) is 0 Å². The molecular formula is C12H14N4O4S. The van der Waals surface area contributed by atoms with Gasteiger partial charge in [0.15, 0.2) is 9.84 Å². The fourth-order valence-corrected chi connectivity index (χ4v) is 2.42. The van der Waals surface area contributed by atoms with Crippen molar-refractivity contribution in [3.05, 3.63) is 47.0 Å². The summed E-state index contributed by atoms with van der Waals surface area (Å²) in [5, 5.41) is 14.0. The van der Waals surface area contributed by atoms with Gasteiger partial charge < -0.3 is 9.88 Å². The van der Waals surface area contributed by atoms with Gasteiger partial charge in [0.25, 0.3) is 5.69 Å². The lowest BCUT2D eigenvalue weighted by Crippen LogP contribution is -2.11. The molecule has 112 valence electrons. The average Bonchev–Trinajstić information content (AvgIpc) is 2.90. The Balaban J connectivity index is 2.17. The molecule has 1 aromatic carbocycles. The summed E-state index contributed by atoms with van der Waals surface area (Å²) >= 11 is 0. The number of hydrogen-bond acceptors (Lipinski definition) is 6. The smallest absolute Gasteiger partial charge is 0.293 e. The number of imidazole rings is 1. The minimum absolute atomic E-state index is 0.0747. The molecule has 0 amide bonds. The number of rotatable bonds is 6. The summed E-state index contributed by atoms with van der Waals surface area (Å²) in [6.45, 7) is 1.04. The van der Waals surface area contributed by atoms with Crippen LogP contribution >= 0.6 is 0 Å². The number of hydrogen-bond donors (Lipinski definition) is 1. The largest absolute Gasteiger partial charge is 0.378 e. The van der Waals surface area contributed by atoms with E-state index in [0.717, 1.165) is 12.3 Å². The molecule has 0 spiro atoms. The van der Waals surface area contributed by atoms with Gasteiger partial charge in [0.2, 0.25) is 0 Å². The number of nitrogens with zero attached hydrogens (tertiary/aromatic N) is 3. The van der Waals surface area contributed by atoms with Crippen LogP contribution in [0.1, 0.15) is 0 Å². The van der Waals surface area contributed by atoms with Crippen molar-refractivity contribution in [2.75, 3.05) is 18.1 Å². The molecule has 21 heavy (non-hydrogen) atoms. The third-order valence-corrected chi connectivity index (χ3v) is 3.95. The Morgan fingerprint density at radius 1 is 1.43 bits per heavy atom. The molecule has 0 aliphatic heterocycles. The number of nitro benzene ring substituents is 1. The van der Waals surface area contributed by atoms with Gasteiger partial charge in [-0.3, -0.25) is 10.1 Å². The fraction of sp³-hybridized carbons (Fsp3) is 0.250. The molecule has 0 fully saturated rings. The fourth-order valence-electron chi connectivity index (χ4n) is 1.78. The Morgan fingerprint density at radius 3 is 2.76 bits per heavy atom. The van der Waals surface area contributed by atoms with Crippen molar-refractivity contribution in [2.45, 2.75) is 11.4 Å². The molecular weight excluding hydrogens is 296 g/mol. The molecule has 0 unspecified atom stereocenters. The number of sulfone groups is 1. The standard InChI is InChI=1S/C12H14N4O4S/c1-21(19,20)10-2-3-11(12(8-10)16(17)18)14-5-7-15-6-4-13-9-15/h2-4,6,8-9,14H,5,7H2,1H3. The molecule has 2 aromatic rings. The van der Waals surface area contributed by atoms with Gasteiger partial charge in [0, 0.05) is 37.8 Å². The molecule has 0 aliphatic rings. The Bertz CT molecular complexity index is 741. The van der Waals surface area contributed by atoms with E-state index >= 15 is 0 Å². The van der Waals surface area contributed by atoms with Crippen LogP contribution in [0.4, 0.5) is 11.4 Å². The minimum atomic E-state index is -3.48. The number of nitro groups is 1. The maximum Gasteiger partial charge on any atom is 0.293 e. The zero-order valence-electron chi connectivity index (χ0n) is 11.3. The third-order valence-electron chi connectivity index (χ3n) is 2.84. The summed E-state index contributed by atoms with van der Waals surface area (Å²) in [7, 11) is -3.48. The summed E-state index contributed by atoms with van der Waals surface area (Å²) in [5.41, 5.74) is 0.0241. The topological polar surface area (TPSA) is 107 Å². The van der Waals surface area contributed by atoms with Crippen molar-refractivity contribution in [1.82, 2.24) is 9.55 Å². The van der Waals surface area contributed by atoms with E-state index in [0.29, 0.717) is 13.1 Å². The van der Waals surface area contributed by atoms with Crippen LogP contribution in [0.3, 0.4) is 0 Å². The zero-order valence-corrected chi connectivity index (χ0v) is 12.1. The summed E-state index contributed by atoms with van der Waals surface area (Å²) in [6.07, 6.45) is 6.08. The maximum atomic E-state index is 11.4. The summed E-state index contributed by atoms with van der Waals surface area (Å²) in [6, 6.07) is 3.82. The number of anilines is 1. The molecule has 0 atom stereocenters. The van der Waals surface area contributed by atoms with E-state index in [-0.39, 0.29) is 16.3 Å². The highest BCUT2D eigenvalue weighted by Crippen LogP contribution is 2.27. The first-order chi connectivity index (χ1) is 9.88. The van der Waals surface area contributed by atoms with Crippen LogP contribution in [0.2, 0.25) is 0 Å². The Labute approximate surface area is 121 Å². The molecule has 0 radical (unpaired) electrons. The lowest BCUT2D eigenvalue weighted by molar-refractivity contribution is -0.384. The molecule has 8 nitrogen and oxygen atoms in total. The number of nitrogens with one attached hydrogen (secondary N) is 1. The molecule has 0 aliphatic carbocycles. The van der Waals surface area contributed by atoms with Crippen LogP contribution in [-0.4, -0.2) is 35.7 Å². The van der Waals surface area contributed by atoms with Crippen LogP contribution in [0.5, 0.6) is 0 Å². The summed E-state index contributed by atoms with van der Waals surface area (Å²) in [4.78, 5) is 14.3. The number of benzene rings is 1. The second kappa shape index (κ2) is 5.92. The highest BCUT2D eigenvalue weighted by atomic mass is 32.2. The highest BCUT2D eigenvalue weighted by Gasteiger charge is 2.18. The van der Waals surface area contributed by atoms with Gasteiger partial charge >= 0.3 is 0 Å². The predicted molar refractivity (Wildman–Crippen MR) is 76.9 cm³/mol. The second-order valence-electron chi connectivity index (χ2n) is 4.44. The van der Waals surface area contributed by atoms with Gasteiger partial charge in [0.1, 0.15) is 5.69 Å². The van der Waals surface area contributed by atoms with Gasteiger partial charge in [-0.1, -0.05) is 0 Å². The highest BCUT2D eigenvalue weighted by molar-refractivity contribution is 7.90. The van der Waals surface area contributed by atoms with Gasteiger partial charge in [-0.25, -0.2) is 13.4 Å². The van der Waals surface area contributed by atoms with Gasteiger partial charge in [0.05, 0.1) is 16.1 Å². The predicted octanol–water partition coefficient (Wildman–Crippen LogP) is 1.31. The summed E-state index contributed by atoms with van der Waals surface area (Å²) < 4.78 is 24.7. The summed E-state index contributed by atoms with van der Waals surface area (Å²) in [5.74, 6) is 0. The Morgan fingerprint density at radius 2 is 2.19 bits per heavy atom. The molecule has 1 N–H and O–H groups in total. The van der Waals surface area contributed by atoms with Crippen LogP contribution in [0.25, 0.3) is 0 Å². The average molecular weight is 310 g/mol. The Kier molecular flexibility index (Phi) is 4.22. The van der Waals surface area contributed by atoms with Crippen LogP contribution in [-0.2, 0) is 16.4 Å². The van der Waals surface area contributed by atoms with E-state index in [9.17, 15) is 18.5 Å². The molecule has 0 saturated carbocycles. The van der Waals surface area contributed by atoms with E-state index in [1.54, 1.807) is 18.7 Å². The lowest BCUT2D eigenvalue weighted by atomic mass is 10.2. The van der Waals surface area contributed by atoms with E-state index < -0.39 is 14.8 Å². The normalized spacial score (nSPS) is 11.3. The molecule has 1 heterocycles. The van der Waals surface area contributed by atoms with Crippen molar-refractivity contribution in [1.29, 1.82) is 0 Å². The first-order valence-corrected chi connectivity index (χ1v) is 7.95. The Hall–Kier alpha value is -2.42. The second-order valence-corrected chi connectivity index (χ2v) is 6.45. The maximum absolute atomic E-state index is 11.4. The van der Waals surface area contributed by atoms with Crippen LogP contribution in [0, 0.1) is 10.1 Å². The van der Waals surface area contributed by atoms with E-state index in [1.807, 2.05) is 4.57 Å². The first-order valence-electron chi connectivity index (χ1n) is 6.06. The minimum Gasteiger partial charge on any atom is -0.378 e. The molecule has 9 heteroatoms. The van der Waals surface area contributed by atoms with E-state index in [1.165, 1.54) is 12.1 Å². The quantitative estimate of drug-likeness (QED) is 0.636. The van der Waals surface area contributed by atoms with E-state index in [4.69, 9.17) is 0 Å². The molecule has 0 bridgehead atoms. The van der Waals surface area contributed by atoms with E-state index in [2.05, 4.69) is 10.3 Å². The van der Waals surface area contributed by atoms with Crippen LogP contribution < -0.4 is 5.32 Å². The third kappa shape index (κ3) is 3.78. The number of aromatic nitrogens is 2. The first kappa shape index (κ1) is 15.0. The van der Waals surface area contributed by atoms with Crippen molar-refractivity contribution in [3.8, 4) is 0 Å². The molecule has 2 rings (SSSR count). The van der Waals surface area contributed by atoms with Crippen molar-refractivity contribution >= 4 is 21.2 Å². The lowest BCUT2D eigenvalue weighted by Gasteiger charge is -2.08. The van der Waals surface area contributed by atoms with Crippen LogP contribution in [0.15, 0.2) is 41.8 Å². The SMILES string of the molecule is CS(=O)(=O)c1ccc(NCCn2ccnc2)c([N+](=O)[O-])c1. The van der Waals surface area contributed by atoms with Gasteiger partial charge in [-0.15, -0.1) is 0 Å². The zero-order chi connectivity index (χ0) is 15.5. The van der Waals surface area contributed by atoms with Crippen molar-refractivity contribution < 1.29 is 13.3 Å². The molecule has 0 saturated heterocycles. The molecule has 1 aromatic heterocycles. The van der Waals surface area contributed by atoms with Gasteiger partial charge in [-0.05, 0) is 12.1 Å². The van der Waals surface area contributed by atoms with Gasteiger partial charge in [-0.2, -0.15) is 0 Å².